The summed E-state index contributed by atoms with van der Waals surface area (Å²) >= 11 is 0. The van der Waals surface area contributed by atoms with Gasteiger partial charge in [0, 0.05) is 36.5 Å². The lowest BCUT2D eigenvalue weighted by Crippen LogP contribution is -2.00. The molecule has 3 rings (SSSR count). The van der Waals surface area contributed by atoms with Gasteiger partial charge in [-0.2, -0.15) is 0 Å². The Morgan fingerprint density at radius 3 is 1.89 bits per heavy atom. The molecule has 0 saturated carbocycles. The van der Waals surface area contributed by atoms with Crippen molar-refractivity contribution in [2.24, 2.45) is 0 Å². The van der Waals surface area contributed by atoms with Gasteiger partial charge in [-0.25, -0.2) is 24.9 Å². The van der Waals surface area contributed by atoms with E-state index in [1.165, 1.54) is 0 Å². The monoisotopic (exact) mass is 250 g/mol. The van der Waals surface area contributed by atoms with Crippen LogP contribution in [-0.2, 0) is 0 Å². The minimum Gasteiger partial charge on any atom is -0.383 e. The van der Waals surface area contributed by atoms with Crippen molar-refractivity contribution in [3.8, 4) is 22.8 Å². The zero-order valence-corrected chi connectivity index (χ0v) is 9.93. The maximum absolute atomic E-state index is 5.94. The van der Waals surface area contributed by atoms with E-state index in [0.717, 1.165) is 5.56 Å². The van der Waals surface area contributed by atoms with Crippen molar-refractivity contribution in [2.45, 2.75) is 0 Å². The first kappa shape index (κ1) is 11.2. The van der Waals surface area contributed by atoms with Crippen molar-refractivity contribution in [1.82, 2.24) is 24.9 Å². The number of nitrogens with two attached hydrogens (primary N) is 1. The van der Waals surface area contributed by atoms with Crippen LogP contribution in [0.2, 0.25) is 0 Å². The van der Waals surface area contributed by atoms with E-state index in [1.54, 1.807) is 49.2 Å². The Labute approximate surface area is 109 Å². The van der Waals surface area contributed by atoms with Crippen LogP contribution in [0.4, 0.5) is 5.82 Å². The number of hydrogen-bond donors (Lipinski definition) is 1. The largest absolute Gasteiger partial charge is 0.383 e. The van der Waals surface area contributed by atoms with Gasteiger partial charge in [0.05, 0.1) is 5.56 Å². The minimum absolute atomic E-state index is 0.358. The number of aromatic nitrogens is 5. The number of anilines is 1. The minimum atomic E-state index is 0.358. The van der Waals surface area contributed by atoms with E-state index in [2.05, 4.69) is 24.9 Å². The smallest absolute Gasteiger partial charge is 0.163 e. The maximum Gasteiger partial charge on any atom is 0.163 e. The third kappa shape index (κ3) is 2.11. The zero-order chi connectivity index (χ0) is 13.1. The second kappa shape index (κ2) is 4.77. The highest BCUT2D eigenvalue weighted by Crippen LogP contribution is 2.30. The standard InChI is InChI=1S/C13H10N6/c14-11-10(13-18-6-2-7-19-13)9(3-8-15-11)12-16-4-1-5-17-12/h1-8H,(H2,14,15). The SMILES string of the molecule is Nc1nccc(-c2ncccn2)c1-c1ncccn1. The fraction of sp³-hybridized carbons (Fsp3) is 0. The number of nitrogens with zero attached hydrogens (tertiary/aromatic N) is 5. The molecule has 0 unspecified atom stereocenters. The van der Waals surface area contributed by atoms with Crippen LogP contribution in [0.25, 0.3) is 22.8 Å². The van der Waals surface area contributed by atoms with Gasteiger partial charge in [0.2, 0.25) is 0 Å². The molecule has 3 aromatic heterocycles. The normalized spacial score (nSPS) is 10.3. The zero-order valence-electron chi connectivity index (χ0n) is 9.93. The van der Waals surface area contributed by atoms with Crippen molar-refractivity contribution in [2.75, 3.05) is 5.73 Å². The Bertz CT molecular complexity index is 684. The van der Waals surface area contributed by atoms with Gasteiger partial charge in [0.15, 0.2) is 11.6 Å². The highest BCUT2D eigenvalue weighted by molar-refractivity contribution is 5.83. The van der Waals surface area contributed by atoms with Crippen molar-refractivity contribution >= 4 is 5.82 Å². The van der Waals surface area contributed by atoms with Gasteiger partial charge in [-0.1, -0.05) is 0 Å². The van der Waals surface area contributed by atoms with E-state index < -0.39 is 0 Å². The van der Waals surface area contributed by atoms with Crippen LogP contribution in [0, 0.1) is 0 Å². The van der Waals surface area contributed by atoms with Gasteiger partial charge in [-0.15, -0.1) is 0 Å². The van der Waals surface area contributed by atoms with Crippen LogP contribution in [0.3, 0.4) is 0 Å². The van der Waals surface area contributed by atoms with E-state index in [9.17, 15) is 0 Å². The van der Waals surface area contributed by atoms with Crippen molar-refractivity contribution in [3.05, 3.63) is 49.2 Å². The molecule has 92 valence electrons. The Kier molecular flexibility index (Phi) is 2.82. The third-order valence-corrected chi connectivity index (χ3v) is 2.58. The lowest BCUT2D eigenvalue weighted by molar-refractivity contribution is 1.14. The first-order valence-electron chi connectivity index (χ1n) is 5.65. The van der Waals surface area contributed by atoms with Crippen molar-refractivity contribution < 1.29 is 0 Å². The lowest BCUT2D eigenvalue weighted by Gasteiger charge is -2.08. The van der Waals surface area contributed by atoms with Gasteiger partial charge >= 0.3 is 0 Å². The molecule has 0 atom stereocenters. The predicted molar refractivity (Wildman–Crippen MR) is 70.7 cm³/mol. The van der Waals surface area contributed by atoms with Crippen LogP contribution < -0.4 is 5.73 Å². The first-order valence-corrected chi connectivity index (χ1v) is 5.65. The summed E-state index contributed by atoms with van der Waals surface area (Å²) in [5, 5.41) is 0. The van der Waals surface area contributed by atoms with E-state index in [4.69, 9.17) is 5.73 Å². The third-order valence-electron chi connectivity index (χ3n) is 2.58. The van der Waals surface area contributed by atoms with Crippen LogP contribution in [0.5, 0.6) is 0 Å². The topological polar surface area (TPSA) is 90.5 Å². The molecule has 0 radical (unpaired) electrons. The van der Waals surface area contributed by atoms with Crippen LogP contribution in [0.1, 0.15) is 0 Å². The summed E-state index contributed by atoms with van der Waals surface area (Å²) < 4.78 is 0. The Morgan fingerprint density at radius 1 is 0.684 bits per heavy atom. The molecule has 0 aromatic carbocycles. The average molecular weight is 250 g/mol. The lowest BCUT2D eigenvalue weighted by atomic mass is 10.1. The van der Waals surface area contributed by atoms with Crippen LogP contribution >= 0.6 is 0 Å². The Hall–Kier alpha value is -2.89. The van der Waals surface area contributed by atoms with Gasteiger partial charge in [-0.05, 0) is 18.2 Å². The summed E-state index contributed by atoms with van der Waals surface area (Å²) in [7, 11) is 0. The number of hydrogen-bond acceptors (Lipinski definition) is 6. The Balaban J connectivity index is 2.25. The van der Waals surface area contributed by atoms with Crippen molar-refractivity contribution in [1.29, 1.82) is 0 Å². The molecule has 0 aliphatic carbocycles. The van der Waals surface area contributed by atoms with Gasteiger partial charge in [0.25, 0.3) is 0 Å². The molecule has 0 spiro atoms. The van der Waals surface area contributed by atoms with E-state index in [-0.39, 0.29) is 0 Å². The quantitative estimate of drug-likeness (QED) is 0.742. The fourth-order valence-electron chi connectivity index (χ4n) is 1.77. The van der Waals surface area contributed by atoms with E-state index in [1.807, 2.05) is 0 Å². The molecule has 0 fully saturated rings. The maximum atomic E-state index is 5.94. The number of nitrogen functional groups attached to an aromatic ring is 1. The molecule has 3 heterocycles. The van der Waals surface area contributed by atoms with Gasteiger partial charge in [0.1, 0.15) is 5.82 Å². The summed E-state index contributed by atoms with van der Waals surface area (Å²) in [6, 6.07) is 5.30. The van der Waals surface area contributed by atoms with Crippen LogP contribution in [0.15, 0.2) is 49.2 Å². The molecule has 0 amide bonds. The number of rotatable bonds is 2. The molecule has 2 N–H and O–H groups in total. The molecule has 0 saturated heterocycles. The molecular weight excluding hydrogens is 240 g/mol. The second-order valence-electron chi connectivity index (χ2n) is 3.76. The molecule has 0 aliphatic heterocycles. The average Bonchev–Trinajstić information content (AvgIpc) is 2.49. The van der Waals surface area contributed by atoms with Crippen molar-refractivity contribution in [3.63, 3.8) is 0 Å². The summed E-state index contributed by atoms with van der Waals surface area (Å²) in [6.45, 7) is 0. The fourth-order valence-corrected chi connectivity index (χ4v) is 1.77. The molecule has 0 aliphatic rings. The summed E-state index contributed by atoms with van der Waals surface area (Å²) in [5.41, 5.74) is 7.35. The van der Waals surface area contributed by atoms with Gasteiger partial charge in [-0.3, -0.25) is 0 Å². The molecule has 19 heavy (non-hydrogen) atoms. The van der Waals surface area contributed by atoms with Gasteiger partial charge < -0.3 is 5.73 Å². The summed E-state index contributed by atoms with van der Waals surface area (Å²) in [5.74, 6) is 1.44. The van der Waals surface area contributed by atoms with Crippen LogP contribution in [-0.4, -0.2) is 24.9 Å². The number of pyridine rings is 1. The molecule has 3 aromatic rings. The molecule has 6 heteroatoms. The first-order chi connectivity index (χ1) is 9.36. The predicted octanol–water partition coefficient (Wildman–Crippen LogP) is 1.58. The summed E-state index contributed by atoms with van der Waals surface area (Å²) in [4.78, 5) is 21.0. The summed E-state index contributed by atoms with van der Waals surface area (Å²) in [6.07, 6.45) is 8.28. The Morgan fingerprint density at radius 2 is 1.26 bits per heavy atom. The van der Waals surface area contributed by atoms with E-state index in [0.29, 0.717) is 23.0 Å². The van der Waals surface area contributed by atoms with E-state index >= 15 is 0 Å². The highest BCUT2D eigenvalue weighted by atomic mass is 14.9. The molecule has 0 bridgehead atoms. The second-order valence-corrected chi connectivity index (χ2v) is 3.76. The highest BCUT2D eigenvalue weighted by Gasteiger charge is 2.15. The molecular formula is C13H10N6. The molecule has 6 nitrogen and oxygen atoms in total.